The zero-order valence-electron chi connectivity index (χ0n) is 8.66. The summed E-state index contributed by atoms with van der Waals surface area (Å²) in [4.78, 5) is 0. The summed E-state index contributed by atoms with van der Waals surface area (Å²) in [6.07, 6.45) is 2.58. The van der Waals surface area contributed by atoms with Crippen molar-refractivity contribution in [1.82, 2.24) is 10.6 Å². The molecule has 1 aromatic carbocycles. The lowest BCUT2D eigenvalue weighted by molar-refractivity contribution is 0.440. The van der Waals surface area contributed by atoms with E-state index in [2.05, 4.69) is 41.0 Å². The van der Waals surface area contributed by atoms with Crippen molar-refractivity contribution in [2.45, 2.75) is 24.9 Å². The van der Waals surface area contributed by atoms with E-state index in [-0.39, 0.29) is 0 Å². The molecule has 0 spiro atoms. The smallest absolute Gasteiger partial charge is 0.0473 e. The molecule has 1 aromatic rings. The molecule has 2 N–H and O–H groups in total. The molecular weight excluding hydrogens is 172 g/mol. The average molecular weight is 190 g/mol. The summed E-state index contributed by atoms with van der Waals surface area (Å²) in [6.45, 7) is 1.16. The number of nitrogens with one attached hydrogen (secondary N) is 2. The number of benzene rings is 1. The van der Waals surface area contributed by atoms with E-state index in [4.69, 9.17) is 0 Å². The lowest BCUT2D eigenvalue weighted by atomic mass is 9.98. The summed E-state index contributed by atoms with van der Waals surface area (Å²) in [7, 11) is 2.04. The molecule has 0 radical (unpaired) electrons. The summed E-state index contributed by atoms with van der Waals surface area (Å²) in [5, 5.41) is 6.94. The van der Waals surface area contributed by atoms with Gasteiger partial charge in [0.2, 0.25) is 0 Å². The normalized spacial score (nSPS) is 23.6. The van der Waals surface area contributed by atoms with Gasteiger partial charge in [-0.05, 0) is 32.0 Å². The second-order valence-corrected chi connectivity index (χ2v) is 3.88. The molecule has 2 nitrogen and oxygen atoms in total. The minimum atomic E-state index is 0.457. The minimum absolute atomic E-state index is 0.457. The van der Waals surface area contributed by atoms with Crippen molar-refractivity contribution in [3.63, 3.8) is 0 Å². The van der Waals surface area contributed by atoms with Crippen molar-refractivity contribution < 1.29 is 0 Å². The van der Waals surface area contributed by atoms with Gasteiger partial charge < -0.3 is 10.6 Å². The largest absolute Gasteiger partial charge is 0.312 e. The van der Waals surface area contributed by atoms with Gasteiger partial charge in [-0.3, -0.25) is 0 Å². The van der Waals surface area contributed by atoms with E-state index in [0.717, 1.165) is 6.54 Å². The highest BCUT2D eigenvalue weighted by Gasteiger charge is 2.23. The van der Waals surface area contributed by atoms with E-state index < -0.39 is 0 Å². The Hall–Kier alpha value is -0.860. The van der Waals surface area contributed by atoms with Gasteiger partial charge >= 0.3 is 0 Å². The quantitative estimate of drug-likeness (QED) is 0.758. The molecule has 0 amide bonds. The average Bonchev–Trinajstić information content (AvgIpc) is 2.74. The molecule has 1 fully saturated rings. The Morgan fingerprint density at radius 2 is 2.14 bits per heavy atom. The number of hydrogen-bond donors (Lipinski definition) is 2. The SMILES string of the molecule is CN[C@H](c1ccccc1)[C@@H]1CCCN1. The lowest BCUT2D eigenvalue weighted by Gasteiger charge is -2.23. The molecule has 0 bridgehead atoms. The fraction of sp³-hybridized carbons (Fsp3) is 0.500. The maximum absolute atomic E-state index is 3.54. The van der Waals surface area contributed by atoms with Crippen molar-refractivity contribution in [1.29, 1.82) is 0 Å². The van der Waals surface area contributed by atoms with Gasteiger partial charge in [0.25, 0.3) is 0 Å². The van der Waals surface area contributed by atoms with Gasteiger partial charge in [0.05, 0.1) is 0 Å². The predicted molar refractivity (Wildman–Crippen MR) is 59.3 cm³/mol. The summed E-state index contributed by atoms with van der Waals surface area (Å²) in [5.41, 5.74) is 1.38. The molecule has 2 rings (SSSR count). The van der Waals surface area contributed by atoms with Gasteiger partial charge in [0.15, 0.2) is 0 Å². The highest BCUT2D eigenvalue weighted by atomic mass is 15.0. The fourth-order valence-electron chi connectivity index (χ4n) is 2.26. The molecule has 0 aromatic heterocycles. The van der Waals surface area contributed by atoms with Crippen LogP contribution in [0.4, 0.5) is 0 Å². The van der Waals surface area contributed by atoms with Gasteiger partial charge in [-0.25, -0.2) is 0 Å². The number of rotatable bonds is 3. The Morgan fingerprint density at radius 1 is 1.36 bits per heavy atom. The lowest BCUT2D eigenvalue weighted by Crippen LogP contribution is -2.36. The Morgan fingerprint density at radius 3 is 2.71 bits per heavy atom. The van der Waals surface area contributed by atoms with Crippen LogP contribution in [0.2, 0.25) is 0 Å². The fourth-order valence-corrected chi connectivity index (χ4v) is 2.26. The first-order valence-corrected chi connectivity index (χ1v) is 5.37. The van der Waals surface area contributed by atoms with Gasteiger partial charge in [-0.15, -0.1) is 0 Å². The van der Waals surface area contributed by atoms with Crippen LogP contribution in [0.5, 0.6) is 0 Å². The number of likely N-dealkylation sites (N-methyl/N-ethyl adjacent to an activating group) is 1. The highest BCUT2D eigenvalue weighted by Crippen LogP contribution is 2.22. The van der Waals surface area contributed by atoms with E-state index in [1.165, 1.54) is 18.4 Å². The molecule has 0 unspecified atom stereocenters. The molecule has 1 saturated heterocycles. The van der Waals surface area contributed by atoms with Crippen LogP contribution in [-0.2, 0) is 0 Å². The van der Waals surface area contributed by atoms with Crippen LogP contribution in [0.25, 0.3) is 0 Å². The predicted octanol–water partition coefficient (Wildman–Crippen LogP) is 1.70. The van der Waals surface area contributed by atoms with Crippen LogP contribution in [-0.4, -0.2) is 19.6 Å². The summed E-state index contributed by atoms with van der Waals surface area (Å²) >= 11 is 0. The van der Waals surface area contributed by atoms with Gasteiger partial charge in [-0.2, -0.15) is 0 Å². The van der Waals surface area contributed by atoms with E-state index in [1.807, 2.05) is 7.05 Å². The van der Waals surface area contributed by atoms with Crippen LogP contribution in [0, 0.1) is 0 Å². The highest BCUT2D eigenvalue weighted by molar-refractivity contribution is 5.20. The Labute approximate surface area is 85.7 Å². The first-order chi connectivity index (χ1) is 6.92. The standard InChI is InChI=1S/C12H18N2/c1-13-12(11-8-5-9-14-11)10-6-3-2-4-7-10/h2-4,6-7,11-14H,5,8-9H2,1H3/t11-,12+/m0/s1. The molecule has 1 heterocycles. The zero-order chi connectivity index (χ0) is 9.80. The third kappa shape index (κ3) is 1.97. The van der Waals surface area contributed by atoms with Crippen LogP contribution in [0.15, 0.2) is 30.3 Å². The third-order valence-corrected chi connectivity index (χ3v) is 2.97. The maximum atomic E-state index is 3.54. The van der Waals surface area contributed by atoms with E-state index >= 15 is 0 Å². The molecular formula is C12H18N2. The van der Waals surface area contributed by atoms with Gasteiger partial charge in [0.1, 0.15) is 0 Å². The first kappa shape index (κ1) is 9.69. The minimum Gasteiger partial charge on any atom is -0.312 e. The molecule has 1 aliphatic heterocycles. The molecule has 1 aliphatic rings. The maximum Gasteiger partial charge on any atom is 0.0473 e. The van der Waals surface area contributed by atoms with Crippen molar-refractivity contribution in [2.75, 3.05) is 13.6 Å². The molecule has 76 valence electrons. The monoisotopic (exact) mass is 190 g/mol. The van der Waals surface area contributed by atoms with Crippen LogP contribution in [0.3, 0.4) is 0 Å². The van der Waals surface area contributed by atoms with Crippen molar-refractivity contribution in [2.24, 2.45) is 0 Å². The topological polar surface area (TPSA) is 24.1 Å². The van der Waals surface area contributed by atoms with Crippen molar-refractivity contribution >= 4 is 0 Å². The van der Waals surface area contributed by atoms with Gasteiger partial charge in [-0.1, -0.05) is 30.3 Å². The summed E-state index contributed by atoms with van der Waals surface area (Å²) in [5.74, 6) is 0. The van der Waals surface area contributed by atoms with Crippen LogP contribution >= 0.6 is 0 Å². The molecule has 0 saturated carbocycles. The molecule has 0 aliphatic carbocycles. The van der Waals surface area contributed by atoms with Crippen LogP contribution < -0.4 is 10.6 Å². The van der Waals surface area contributed by atoms with Crippen molar-refractivity contribution in [3.8, 4) is 0 Å². The Balaban J connectivity index is 2.12. The second kappa shape index (κ2) is 4.58. The number of hydrogen-bond acceptors (Lipinski definition) is 2. The van der Waals surface area contributed by atoms with Gasteiger partial charge in [0, 0.05) is 12.1 Å². The van der Waals surface area contributed by atoms with Crippen LogP contribution in [0.1, 0.15) is 24.4 Å². The first-order valence-electron chi connectivity index (χ1n) is 5.37. The van der Waals surface area contributed by atoms with E-state index in [9.17, 15) is 0 Å². The summed E-state index contributed by atoms with van der Waals surface area (Å²) < 4.78 is 0. The zero-order valence-corrected chi connectivity index (χ0v) is 8.66. The Kier molecular flexibility index (Phi) is 3.17. The third-order valence-electron chi connectivity index (χ3n) is 2.97. The Bertz CT molecular complexity index is 265. The summed E-state index contributed by atoms with van der Waals surface area (Å²) in [6, 6.07) is 11.7. The van der Waals surface area contributed by atoms with Crippen molar-refractivity contribution in [3.05, 3.63) is 35.9 Å². The molecule has 14 heavy (non-hydrogen) atoms. The van der Waals surface area contributed by atoms with E-state index in [0.29, 0.717) is 12.1 Å². The van der Waals surface area contributed by atoms with E-state index in [1.54, 1.807) is 0 Å². The molecule has 2 atom stereocenters. The second-order valence-electron chi connectivity index (χ2n) is 3.88. The molecule has 2 heteroatoms.